The second kappa shape index (κ2) is 6.43. The Kier molecular flexibility index (Phi) is 4.80. The first kappa shape index (κ1) is 16.4. The molecular weight excluding hydrogens is 301 g/mol. The predicted molar refractivity (Wildman–Crippen MR) is 73.4 cm³/mol. The topological polar surface area (TPSA) is 70.6 Å². The van der Waals surface area contributed by atoms with Gasteiger partial charge in [0.05, 0.1) is 17.8 Å². The fourth-order valence-electron chi connectivity index (χ4n) is 2.20. The highest BCUT2D eigenvalue weighted by Crippen LogP contribution is 2.39. The molecule has 1 aromatic rings. The minimum absolute atomic E-state index is 0.0877. The number of nitrogens with one attached hydrogen (secondary N) is 2. The zero-order chi connectivity index (χ0) is 16.3. The van der Waals surface area contributed by atoms with E-state index in [1.54, 1.807) is 6.92 Å². The van der Waals surface area contributed by atoms with Crippen LogP contribution in [-0.4, -0.2) is 29.9 Å². The molecule has 1 saturated carbocycles. The summed E-state index contributed by atoms with van der Waals surface area (Å²) < 4.78 is 41.9. The van der Waals surface area contributed by atoms with Crippen LogP contribution in [-0.2, 0) is 0 Å². The highest BCUT2D eigenvalue weighted by Gasteiger charge is 2.42. The molecule has 0 bridgehead atoms. The zero-order valence-corrected chi connectivity index (χ0v) is 11.9. The molecule has 2 rings (SSSR count). The van der Waals surface area contributed by atoms with E-state index in [4.69, 9.17) is 0 Å². The summed E-state index contributed by atoms with van der Waals surface area (Å²) in [7, 11) is 0. The molecule has 1 unspecified atom stereocenters. The number of halogens is 3. The first-order chi connectivity index (χ1) is 10.3. The second-order valence-electron chi connectivity index (χ2n) is 5.45. The van der Waals surface area contributed by atoms with Gasteiger partial charge in [0.1, 0.15) is 5.82 Å². The van der Waals surface area contributed by atoms with Gasteiger partial charge in [-0.1, -0.05) is 0 Å². The fourth-order valence-corrected chi connectivity index (χ4v) is 2.20. The number of carbonyl (C=O) groups is 1. The Morgan fingerprint density at radius 1 is 1.50 bits per heavy atom. The van der Waals surface area contributed by atoms with Crippen molar-refractivity contribution in [3.8, 4) is 5.75 Å². The lowest BCUT2D eigenvalue weighted by Crippen LogP contribution is -2.52. The van der Waals surface area contributed by atoms with Crippen molar-refractivity contribution in [3.05, 3.63) is 24.0 Å². The van der Waals surface area contributed by atoms with Crippen LogP contribution in [0.4, 0.5) is 23.7 Å². The summed E-state index contributed by atoms with van der Waals surface area (Å²) in [6, 6.07) is 2.21. The van der Waals surface area contributed by atoms with Gasteiger partial charge in [0, 0.05) is 6.07 Å². The Hall–Kier alpha value is -1.96. The number of aliphatic hydroxyl groups excluding tert-OH is 1. The van der Waals surface area contributed by atoms with Crippen LogP contribution in [0, 0.1) is 11.7 Å². The van der Waals surface area contributed by atoms with E-state index in [-0.39, 0.29) is 18.2 Å². The molecular formula is C14H17F3N2O3. The van der Waals surface area contributed by atoms with Crippen LogP contribution in [0.1, 0.15) is 19.8 Å². The third kappa shape index (κ3) is 4.03. The van der Waals surface area contributed by atoms with E-state index in [9.17, 15) is 23.1 Å². The van der Waals surface area contributed by atoms with Gasteiger partial charge in [-0.15, -0.1) is 0 Å². The van der Waals surface area contributed by atoms with Gasteiger partial charge < -0.3 is 20.5 Å². The zero-order valence-electron chi connectivity index (χ0n) is 11.9. The van der Waals surface area contributed by atoms with E-state index in [2.05, 4.69) is 15.4 Å². The number of alkyl halides is 2. The minimum Gasteiger partial charge on any atom is -0.432 e. The Morgan fingerprint density at radius 2 is 2.18 bits per heavy atom. The molecule has 5 nitrogen and oxygen atoms in total. The van der Waals surface area contributed by atoms with Gasteiger partial charge in [-0.2, -0.15) is 8.78 Å². The molecule has 2 amide bonds. The van der Waals surface area contributed by atoms with Gasteiger partial charge in [-0.3, -0.25) is 0 Å². The molecule has 0 aromatic heterocycles. The van der Waals surface area contributed by atoms with Crippen molar-refractivity contribution in [2.75, 3.05) is 11.9 Å². The highest BCUT2D eigenvalue weighted by molar-refractivity contribution is 5.91. The quantitative estimate of drug-likeness (QED) is 0.755. The summed E-state index contributed by atoms with van der Waals surface area (Å²) in [5.74, 6) is -1.06. The average Bonchev–Trinajstić information content (AvgIpc) is 3.26. The van der Waals surface area contributed by atoms with Crippen LogP contribution >= 0.6 is 0 Å². The van der Waals surface area contributed by atoms with Crippen molar-refractivity contribution in [2.24, 2.45) is 5.92 Å². The third-order valence-corrected chi connectivity index (χ3v) is 3.61. The maximum Gasteiger partial charge on any atom is 0.387 e. The molecule has 1 aliphatic rings. The predicted octanol–water partition coefficient (Wildman–Crippen LogP) is 2.71. The molecule has 0 heterocycles. The largest absolute Gasteiger partial charge is 0.432 e. The van der Waals surface area contributed by atoms with Crippen molar-refractivity contribution in [1.82, 2.24) is 5.32 Å². The summed E-state index contributed by atoms with van der Waals surface area (Å²) in [5, 5.41) is 14.3. The van der Waals surface area contributed by atoms with Gasteiger partial charge in [0.15, 0.2) is 5.75 Å². The molecule has 1 aromatic carbocycles. The lowest BCUT2D eigenvalue weighted by atomic mass is 9.97. The lowest BCUT2D eigenvalue weighted by Gasteiger charge is -2.28. The van der Waals surface area contributed by atoms with E-state index in [0.717, 1.165) is 31.0 Å². The van der Waals surface area contributed by atoms with Gasteiger partial charge in [-0.25, -0.2) is 9.18 Å². The van der Waals surface area contributed by atoms with Crippen LogP contribution in [0.5, 0.6) is 5.75 Å². The molecule has 8 heteroatoms. The second-order valence-corrected chi connectivity index (χ2v) is 5.45. The number of hydrogen-bond donors (Lipinski definition) is 3. The number of carbonyl (C=O) groups excluding carboxylic acids is 1. The summed E-state index contributed by atoms with van der Waals surface area (Å²) in [4.78, 5) is 12.0. The van der Waals surface area contributed by atoms with Crippen molar-refractivity contribution < 1.29 is 27.8 Å². The molecule has 0 spiro atoms. The molecule has 0 saturated heterocycles. The van der Waals surface area contributed by atoms with Crippen LogP contribution in [0.15, 0.2) is 18.2 Å². The number of benzene rings is 1. The van der Waals surface area contributed by atoms with E-state index < -0.39 is 29.7 Å². The summed E-state index contributed by atoms with van der Waals surface area (Å²) in [6.45, 7) is -1.68. The van der Waals surface area contributed by atoms with Crippen LogP contribution in [0.2, 0.25) is 0 Å². The van der Waals surface area contributed by atoms with Crippen LogP contribution in [0.3, 0.4) is 0 Å². The number of amides is 2. The fraction of sp³-hybridized carbons (Fsp3) is 0.500. The molecule has 1 aliphatic carbocycles. The number of ether oxygens (including phenoxy) is 1. The van der Waals surface area contributed by atoms with Gasteiger partial charge in [0.25, 0.3) is 0 Å². The van der Waals surface area contributed by atoms with Gasteiger partial charge in [0.2, 0.25) is 0 Å². The highest BCUT2D eigenvalue weighted by atomic mass is 19.3. The Balaban J connectivity index is 2.07. The van der Waals surface area contributed by atoms with Crippen molar-refractivity contribution >= 4 is 11.7 Å². The van der Waals surface area contributed by atoms with E-state index in [1.807, 2.05) is 0 Å². The molecule has 0 radical (unpaired) electrons. The van der Waals surface area contributed by atoms with E-state index in [1.165, 1.54) is 0 Å². The van der Waals surface area contributed by atoms with E-state index >= 15 is 0 Å². The number of rotatable bonds is 6. The summed E-state index contributed by atoms with van der Waals surface area (Å²) >= 11 is 0. The lowest BCUT2D eigenvalue weighted by molar-refractivity contribution is -0.0495. The smallest absolute Gasteiger partial charge is 0.387 e. The molecule has 0 aliphatic heterocycles. The first-order valence-corrected chi connectivity index (χ1v) is 6.78. The monoisotopic (exact) mass is 318 g/mol. The molecule has 122 valence electrons. The number of anilines is 1. The van der Waals surface area contributed by atoms with Gasteiger partial charge in [-0.05, 0) is 37.8 Å². The maximum atomic E-state index is 13.1. The van der Waals surface area contributed by atoms with Crippen molar-refractivity contribution in [3.63, 3.8) is 0 Å². The molecule has 22 heavy (non-hydrogen) atoms. The maximum absolute atomic E-state index is 13.1. The Bertz CT molecular complexity index is 552. The Morgan fingerprint density at radius 3 is 2.73 bits per heavy atom. The Labute approximate surface area is 125 Å². The minimum atomic E-state index is -3.14. The first-order valence-electron chi connectivity index (χ1n) is 6.78. The molecule has 1 atom stereocenters. The number of hydrogen-bond acceptors (Lipinski definition) is 3. The number of aliphatic hydroxyl groups is 1. The van der Waals surface area contributed by atoms with E-state index in [0.29, 0.717) is 0 Å². The third-order valence-electron chi connectivity index (χ3n) is 3.61. The van der Waals surface area contributed by atoms with Crippen molar-refractivity contribution in [1.29, 1.82) is 0 Å². The summed E-state index contributed by atoms with van der Waals surface area (Å²) in [6.07, 6.45) is 1.79. The number of urea groups is 1. The summed E-state index contributed by atoms with van der Waals surface area (Å²) in [5.41, 5.74) is -0.872. The SMILES string of the molecule is CC(CO)(NC(=O)Nc1ccc(F)cc1OC(F)F)C1CC1. The average molecular weight is 318 g/mol. The van der Waals surface area contributed by atoms with Crippen molar-refractivity contribution in [2.45, 2.75) is 31.9 Å². The van der Waals surface area contributed by atoms with Crippen LogP contribution < -0.4 is 15.4 Å². The van der Waals surface area contributed by atoms with Gasteiger partial charge >= 0.3 is 12.6 Å². The molecule has 1 fully saturated rings. The normalized spacial score (nSPS) is 17.0. The molecule has 3 N–H and O–H groups in total. The van der Waals surface area contributed by atoms with Crippen LogP contribution in [0.25, 0.3) is 0 Å². The standard InChI is InChI=1S/C14H17F3N2O3/c1-14(7-20,8-2-3-8)19-13(21)18-10-5-4-9(15)6-11(10)22-12(16)17/h4-6,8,12,20H,2-3,7H2,1H3,(H2,18,19,21).